The standard InChI is InChI=1S/C24H28N4O6S2/c1-4-33-24(30)27-10-9-19-20(11-25)23(35-21(19)14-27)26-22(29)17-5-7-18(8-6-17)36(31,32)28-12-15(2)34-16(3)13-28/h5-8,15-16H,4,9-10,12-14H2,1-3H3,(H,26,29). The smallest absolute Gasteiger partial charge is 0.410 e. The molecule has 2 aliphatic heterocycles. The molecule has 1 aromatic heterocycles. The molecule has 0 bridgehead atoms. The van der Waals surface area contributed by atoms with E-state index in [2.05, 4.69) is 11.4 Å². The fourth-order valence-corrected chi connectivity index (χ4v) is 7.21. The molecule has 1 aromatic carbocycles. The predicted octanol–water partition coefficient (Wildman–Crippen LogP) is 3.18. The van der Waals surface area contributed by atoms with E-state index in [1.165, 1.54) is 39.9 Å². The predicted molar refractivity (Wildman–Crippen MR) is 133 cm³/mol. The number of anilines is 1. The number of nitriles is 1. The molecule has 1 saturated heterocycles. The number of ether oxygens (including phenoxy) is 2. The third kappa shape index (κ3) is 5.24. The first-order valence-corrected chi connectivity index (χ1v) is 13.9. The zero-order valence-corrected chi connectivity index (χ0v) is 21.9. The van der Waals surface area contributed by atoms with Gasteiger partial charge in [0.15, 0.2) is 0 Å². The number of benzene rings is 1. The number of fused-ring (bicyclic) bond motifs is 1. The maximum absolute atomic E-state index is 13.1. The van der Waals surface area contributed by atoms with Crippen molar-refractivity contribution < 1.29 is 27.5 Å². The summed E-state index contributed by atoms with van der Waals surface area (Å²) in [4.78, 5) is 27.5. The fourth-order valence-electron chi connectivity index (χ4n) is 4.41. The van der Waals surface area contributed by atoms with Crippen molar-refractivity contribution in [3.8, 4) is 6.07 Å². The molecule has 2 amide bonds. The highest BCUT2D eigenvalue weighted by molar-refractivity contribution is 7.89. The molecule has 1 fully saturated rings. The van der Waals surface area contributed by atoms with Crippen LogP contribution in [0.4, 0.5) is 9.80 Å². The van der Waals surface area contributed by atoms with Crippen molar-refractivity contribution in [2.75, 3.05) is 31.6 Å². The van der Waals surface area contributed by atoms with E-state index in [4.69, 9.17) is 9.47 Å². The van der Waals surface area contributed by atoms with Gasteiger partial charge in [-0.25, -0.2) is 13.2 Å². The van der Waals surface area contributed by atoms with Gasteiger partial charge in [0.1, 0.15) is 11.1 Å². The summed E-state index contributed by atoms with van der Waals surface area (Å²) in [6.45, 7) is 6.96. The van der Waals surface area contributed by atoms with Gasteiger partial charge in [-0.15, -0.1) is 11.3 Å². The molecule has 0 radical (unpaired) electrons. The van der Waals surface area contributed by atoms with E-state index in [-0.39, 0.29) is 42.4 Å². The minimum absolute atomic E-state index is 0.101. The summed E-state index contributed by atoms with van der Waals surface area (Å²) >= 11 is 1.26. The lowest BCUT2D eigenvalue weighted by atomic mass is 10.0. The largest absolute Gasteiger partial charge is 0.450 e. The third-order valence-corrected chi connectivity index (χ3v) is 9.04. The Morgan fingerprint density at radius 1 is 1.22 bits per heavy atom. The van der Waals surface area contributed by atoms with Crippen LogP contribution in [-0.4, -0.2) is 68.1 Å². The van der Waals surface area contributed by atoms with Gasteiger partial charge in [-0.2, -0.15) is 9.57 Å². The topological polar surface area (TPSA) is 129 Å². The number of hydrogen-bond acceptors (Lipinski definition) is 8. The number of nitrogens with one attached hydrogen (secondary N) is 1. The molecule has 4 rings (SSSR count). The number of carbonyl (C=O) groups excluding carboxylic acids is 2. The van der Waals surface area contributed by atoms with Gasteiger partial charge in [-0.1, -0.05) is 0 Å². The minimum atomic E-state index is -3.72. The van der Waals surface area contributed by atoms with E-state index >= 15 is 0 Å². The lowest BCUT2D eigenvalue weighted by Crippen LogP contribution is -2.48. The van der Waals surface area contributed by atoms with Crippen LogP contribution in [0.3, 0.4) is 0 Å². The van der Waals surface area contributed by atoms with Gasteiger partial charge in [-0.3, -0.25) is 4.79 Å². The molecule has 10 nitrogen and oxygen atoms in total. The van der Waals surface area contributed by atoms with Gasteiger partial charge >= 0.3 is 6.09 Å². The zero-order chi connectivity index (χ0) is 26.0. The molecule has 192 valence electrons. The van der Waals surface area contributed by atoms with Gasteiger partial charge in [0.05, 0.1) is 35.8 Å². The molecule has 36 heavy (non-hydrogen) atoms. The van der Waals surface area contributed by atoms with E-state index in [9.17, 15) is 23.3 Å². The first-order chi connectivity index (χ1) is 17.1. The molecular formula is C24H28N4O6S2. The summed E-state index contributed by atoms with van der Waals surface area (Å²) in [6, 6.07) is 7.91. The van der Waals surface area contributed by atoms with Crippen LogP contribution in [0.15, 0.2) is 29.2 Å². The van der Waals surface area contributed by atoms with Crippen LogP contribution >= 0.6 is 11.3 Å². The summed E-state index contributed by atoms with van der Waals surface area (Å²) in [5.74, 6) is -0.454. The second-order valence-electron chi connectivity index (χ2n) is 8.75. The third-order valence-electron chi connectivity index (χ3n) is 6.06. The van der Waals surface area contributed by atoms with E-state index < -0.39 is 22.0 Å². The van der Waals surface area contributed by atoms with Crippen molar-refractivity contribution in [1.82, 2.24) is 9.21 Å². The van der Waals surface area contributed by atoms with E-state index in [0.717, 1.165) is 10.4 Å². The Bertz CT molecular complexity index is 1290. The van der Waals surface area contributed by atoms with Gasteiger partial charge in [-0.05, 0) is 57.0 Å². The number of thiophene rings is 1. The van der Waals surface area contributed by atoms with E-state index in [1.807, 2.05) is 13.8 Å². The molecule has 2 aromatic rings. The highest BCUT2D eigenvalue weighted by Crippen LogP contribution is 2.37. The number of morpholine rings is 1. The van der Waals surface area contributed by atoms with Crippen molar-refractivity contribution in [1.29, 1.82) is 5.26 Å². The van der Waals surface area contributed by atoms with Crippen molar-refractivity contribution in [2.24, 2.45) is 0 Å². The average molecular weight is 533 g/mol. The summed E-state index contributed by atoms with van der Waals surface area (Å²) in [5, 5.41) is 12.9. The monoisotopic (exact) mass is 532 g/mol. The van der Waals surface area contributed by atoms with Crippen molar-refractivity contribution in [3.05, 3.63) is 45.8 Å². The molecule has 3 heterocycles. The highest BCUT2D eigenvalue weighted by atomic mass is 32.2. The van der Waals surface area contributed by atoms with Crippen molar-refractivity contribution in [2.45, 2.75) is 50.8 Å². The van der Waals surface area contributed by atoms with Gasteiger partial charge in [0, 0.05) is 30.1 Å². The minimum Gasteiger partial charge on any atom is -0.450 e. The lowest BCUT2D eigenvalue weighted by Gasteiger charge is -2.34. The van der Waals surface area contributed by atoms with Crippen LogP contribution in [0, 0.1) is 11.3 Å². The second-order valence-corrected chi connectivity index (χ2v) is 11.8. The molecule has 2 atom stereocenters. The van der Waals surface area contributed by atoms with Crippen LogP contribution in [-0.2, 0) is 32.5 Å². The molecule has 2 aliphatic rings. The number of carbonyl (C=O) groups is 2. The lowest BCUT2D eigenvalue weighted by molar-refractivity contribution is -0.0440. The normalized spacial score (nSPS) is 20.3. The molecule has 0 spiro atoms. The van der Waals surface area contributed by atoms with Gasteiger partial charge in [0.25, 0.3) is 5.91 Å². The van der Waals surface area contributed by atoms with E-state index in [1.54, 1.807) is 11.8 Å². The Labute approximate surface area is 214 Å². The Morgan fingerprint density at radius 3 is 2.50 bits per heavy atom. The second kappa shape index (κ2) is 10.6. The van der Waals surface area contributed by atoms with E-state index in [0.29, 0.717) is 30.1 Å². The number of amides is 2. The molecule has 2 unspecified atom stereocenters. The molecule has 0 saturated carbocycles. The molecule has 12 heteroatoms. The van der Waals surface area contributed by atoms with Crippen molar-refractivity contribution in [3.63, 3.8) is 0 Å². The van der Waals surface area contributed by atoms with Crippen LogP contribution in [0.5, 0.6) is 0 Å². The number of nitrogens with zero attached hydrogens (tertiary/aromatic N) is 3. The molecule has 0 aliphatic carbocycles. The maximum Gasteiger partial charge on any atom is 0.410 e. The summed E-state index contributed by atoms with van der Waals surface area (Å²) in [6.07, 6.45) is -0.321. The maximum atomic E-state index is 13.1. The summed E-state index contributed by atoms with van der Waals surface area (Å²) in [5.41, 5.74) is 1.48. The fraction of sp³-hybridized carbons (Fsp3) is 0.458. The van der Waals surface area contributed by atoms with Crippen molar-refractivity contribution >= 4 is 38.4 Å². The van der Waals surface area contributed by atoms with Gasteiger partial charge < -0.3 is 19.7 Å². The highest BCUT2D eigenvalue weighted by Gasteiger charge is 2.32. The molecule has 1 N–H and O–H groups in total. The molecular weight excluding hydrogens is 504 g/mol. The number of sulfonamides is 1. The number of rotatable bonds is 5. The Morgan fingerprint density at radius 2 is 1.89 bits per heavy atom. The van der Waals surface area contributed by atoms with Crippen LogP contribution in [0.2, 0.25) is 0 Å². The van der Waals surface area contributed by atoms with Crippen LogP contribution in [0.1, 0.15) is 47.1 Å². The Kier molecular flexibility index (Phi) is 7.65. The summed E-state index contributed by atoms with van der Waals surface area (Å²) < 4.78 is 38.2. The number of hydrogen-bond donors (Lipinski definition) is 1. The van der Waals surface area contributed by atoms with Crippen LogP contribution < -0.4 is 5.32 Å². The van der Waals surface area contributed by atoms with Gasteiger partial charge in [0.2, 0.25) is 10.0 Å². The average Bonchev–Trinajstić information content (AvgIpc) is 3.19. The SMILES string of the molecule is CCOC(=O)N1CCc2c(sc(NC(=O)c3ccc(S(=O)(=O)N4CC(C)OC(C)C4)cc3)c2C#N)C1. The summed E-state index contributed by atoms with van der Waals surface area (Å²) in [7, 11) is -3.72. The van der Waals surface area contributed by atoms with Crippen LogP contribution in [0.25, 0.3) is 0 Å². The zero-order valence-electron chi connectivity index (χ0n) is 20.3. The Hall–Kier alpha value is -2.98. The first kappa shape index (κ1) is 26.1. The first-order valence-electron chi connectivity index (χ1n) is 11.7. The Balaban J connectivity index is 1.49. The quantitative estimate of drug-likeness (QED) is 0.626.